The molecule has 0 spiro atoms. The average molecular weight is 1030 g/mol. The van der Waals surface area contributed by atoms with E-state index >= 15 is 0 Å². The van der Waals surface area contributed by atoms with Crippen LogP contribution in [0.4, 0.5) is 0 Å². The zero-order chi connectivity index (χ0) is 53.4. The molecule has 0 bridgehead atoms. The predicted molar refractivity (Wildman–Crippen MR) is 281 cm³/mol. The molecule has 0 saturated heterocycles. The fraction of sp³-hybridized carbons (Fsp3) is 0.630. The number of aliphatic carboxylic acids is 1. The van der Waals surface area contributed by atoms with Crippen molar-refractivity contribution in [3.8, 4) is 0 Å². The molecule has 25 nitrogen and oxygen atoms in total. The Morgan fingerprint density at radius 2 is 0.958 bits per heavy atom. The zero-order valence-electron chi connectivity index (χ0n) is 41.5. The molecule has 1 heterocycles. The quantitative estimate of drug-likeness (QED) is 0.0185. The van der Waals surface area contributed by atoms with Crippen molar-refractivity contribution >= 4 is 76.0 Å². The lowest BCUT2D eigenvalue weighted by Gasteiger charge is -2.28. The summed E-state index contributed by atoms with van der Waals surface area (Å²) in [6.07, 6.45) is 7.71. The molecule has 26 heteroatoms. The van der Waals surface area contributed by atoms with Gasteiger partial charge in [0.1, 0.15) is 36.3 Å². The third-order valence-electron chi connectivity index (χ3n) is 11.6. The minimum atomic E-state index is -1.32. The molecule has 0 aliphatic rings. The number of carboxylic acids is 1. The standard InChI is InChI=1S/C46H81N17O8S/c1-72-25-19-35(61-40(66)34(18-11-24-56-46(53)54)58-38(64)30(50)13-10-23-55-45(51)52)42(68)63-37(26-28-27-57-31-14-3-2-12-29(28)31)43(69)60-32(15-4-7-20-47)39(65)59-33(16-5-8-21-48)41(67)62-36(44(70)71)17-6-9-22-49/h2-3,12,14,27,30,32-37,57H,4-11,13,15-26,47-50H2,1H3,(H,58,64)(H,59,65)(H,60,69)(H,61,66)(H,62,67)(H,63,68)(H,70,71)(H4,51,52,55)(H4,53,54,56)/t30-,32-,33-,34-,35-,36-,37-/m0/s1. The molecule has 404 valence electrons. The summed E-state index contributed by atoms with van der Waals surface area (Å²) in [5, 5.41) is 27.0. The van der Waals surface area contributed by atoms with Crippen molar-refractivity contribution in [3.63, 3.8) is 0 Å². The molecule has 7 atom stereocenters. The molecule has 1 aromatic carbocycles. The van der Waals surface area contributed by atoms with Crippen LogP contribution < -0.4 is 77.8 Å². The Morgan fingerprint density at radius 3 is 1.43 bits per heavy atom. The topological polar surface area (TPSA) is 461 Å². The SMILES string of the molecule is CSCC[C@H](NC(=O)[C@H](CCCN=C(N)N)NC(=O)[C@@H](N)CCCN=C(N)N)C(=O)N[C@@H](Cc1c[nH]c2ccccc12)C(=O)N[C@@H](CCCCN)C(=O)N[C@@H](CCCCN)C(=O)N[C@@H](CCCCN)C(=O)O. The van der Waals surface area contributed by atoms with Gasteiger partial charge in [0.05, 0.1) is 6.04 Å². The maximum absolute atomic E-state index is 14.6. The molecular formula is C46H81N17O8S. The lowest BCUT2D eigenvalue weighted by molar-refractivity contribution is -0.142. The Kier molecular flexibility index (Phi) is 30.1. The smallest absolute Gasteiger partial charge is 0.326 e. The predicted octanol–water partition coefficient (Wildman–Crippen LogP) is -2.72. The number of para-hydroxylation sites is 1. The van der Waals surface area contributed by atoms with Gasteiger partial charge >= 0.3 is 5.97 Å². The van der Waals surface area contributed by atoms with Crippen LogP contribution in [0.1, 0.15) is 95.5 Å². The highest BCUT2D eigenvalue weighted by atomic mass is 32.2. The van der Waals surface area contributed by atoms with Gasteiger partial charge in [-0.1, -0.05) is 18.2 Å². The summed E-state index contributed by atoms with van der Waals surface area (Å²) in [5.41, 5.74) is 46.5. The van der Waals surface area contributed by atoms with Gasteiger partial charge in [-0.2, -0.15) is 11.8 Å². The number of fused-ring (bicyclic) bond motifs is 1. The fourth-order valence-corrected chi connectivity index (χ4v) is 8.04. The van der Waals surface area contributed by atoms with Gasteiger partial charge in [0.25, 0.3) is 0 Å². The van der Waals surface area contributed by atoms with Crippen LogP contribution in [0.2, 0.25) is 0 Å². The summed E-state index contributed by atoms with van der Waals surface area (Å²) in [4.78, 5) is 107. The number of amides is 6. The van der Waals surface area contributed by atoms with Crippen molar-refractivity contribution in [3.05, 3.63) is 36.0 Å². The van der Waals surface area contributed by atoms with Crippen LogP contribution in [0.15, 0.2) is 40.4 Å². The Labute approximate surface area is 425 Å². The van der Waals surface area contributed by atoms with E-state index in [0.717, 1.165) is 10.9 Å². The molecule has 0 fully saturated rings. The number of guanidine groups is 2. The van der Waals surface area contributed by atoms with Gasteiger partial charge in [0.15, 0.2) is 11.9 Å². The molecule has 1 aromatic heterocycles. The normalized spacial score (nSPS) is 14.0. The molecule has 6 amide bonds. The van der Waals surface area contributed by atoms with Crippen molar-refractivity contribution in [1.29, 1.82) is 0 Å². The summed E-state index contributed by atoms with van der Waals surface area (Å²) in [6, 6.07) is -1.01. The molecule has 0 radical (unpaired) electrons. The van der Waals surface area contributed by atoms with Gasteiger partial charge in [-0.15, -0.1) is 0 Å². The van der Waals surface area contributed by atoms with Crippen molar-refractivity contribution < 1.29 is 38.7 Å². The van der Waals surface area contributed by atoms with Crippen molar-refractivity contribution in [2.24, 2.45) is 55.9 Å². The van der Waals surface area contributed by atoms with Crippen LogP contribution >= 0.6 is 11.8 Å². The van der Waals surface area contributed by atoms with Gasteiger partial charge in [-0.3, -0.25) is 38.8 Å². The maximum Gasteiger partial charge on any atom is 0.326 e. The van der Waals surface area contributed by atoms with Crippen LogP contribution in [0.5, 0.6) is 0 Å². The number of hydrogen-bond donors (Lipinski definition) is 16. The minimum absolute atomic E-state index is 0.0582. The second-order valence-electron chi connectivity index (χ2n) is 17.4. The Morgan fingerprint density at radius 1 is 0.556 bits per heavy atom. The number of rotatable bonds is 38. The first kappa shape index (κ1) is 61.9. The third kappa shape index (κ3) is 23.8. The molecular weight excluding hydrogens is 951 g/mol. The highest BCUT2D eigenvalue weighted by molar-refractivity contribution is 7.98. The Balaban J connectivity index is 2.51. The number of thioether (sulfide) groups is 1. The van der Waals surface area contributed by atoms with Crippen LogP contribution in [-0.2, 0) is 40.0 Å². The van der Waals surface area contributed by atoms with E-state index in [1.54, 1.807) is 6.20 Å². The van der Waals surface area contributed by atoms with E-state index in [-0.39, 0.29) is 76.4 Å². The average Bonchev–Trinajstić information content (AvgIpc) is 3.75. The molecule has 2 aromatic rings. The monoisotopic (exact) mass is 1030 g/mol. The minimum Gasteiger partial charge on any atom is -0.480 e. The second-order valence-corrected chi connectivity index (χ2v) is 18.4. The number of aliphatic imine (C=N–C) groups is 2. The van der Waals surface area contributed by atoms with Crippen molar-refractivity contribution in [2.75, 3.05) is 44.7 Å². The van der Waals surface area contributed by atoms with Crippen LogP contribution in [0.3, 0.4) is 0 Å². The first-order chi connectivity index (χ1) is 34.4. The summed E-state index contributed by atoms with van der Waals surface area (Å²) in [5.74, 6) is -5.32. The van der Waals surface area contributed by atoms with Crippen LogP contribution in [0, 0.1) is 0 Å². The summed E-state index contributed by atoms with van der Waals surface area (Å²) in [7, 11) is 0. The number of H-pyrrole nitrogens is 1. The Hall–Kier alpha value is -6.22. The second kappa shape index (κ2) is 35.0. The molecule has 2 rings (SSSR count). The molecule has 0 unspecified atom stereocenters. The van der Waals surface area contributed by atoms with Gasteiger partial charge in [0.2, 0.25) is 35.4 Å². The largest absolute Gasteiger partial charge is 0.480 e. The van der Waals surface area contributed by atoms with E-state index in [4.69, 9.17) is 45.9 Å². The number of carbonyl (C=O) groups is 7. The lowest BCUT2D eigenvalue weighted by atomic mass is 10.0. The number of nitrogens with one attached hydrogen (secondary N) is 7. The Bertz CT molecular complexity index is 2070. The number of hydrogen-bond acceptors (Lipinski definition) is 14. The number of carboxylic acid groups (broad SMARTS) is 1. The first-order valence-electron chi connectivity index (χ1n) is 24.5. The molecule has 0 aliphatic heterocycles. The molecule has 24 N–H and O–H groups in total. The van der Waals surface area contributed by atoms with E-state index in [0.29, 0.717) is 75.9 Å². The third-order valence-corrected chi connectivity index (χ3v) is 12.2. The lowest BCUT2D eigenvalue weighted by Crippen LogP contribution is -2.60. The van der Waals surface area contributed by atoms with E-state index in [2.05, 4.69) is 46.9 Å². The summed E-state index contributed by atoms with van der Waals surface area (Å²) >= 11 is 1.41. The van der Waals surface area contributed by atoms with E-state index < -0.39 is 83.7 Å². The highest BCUT2D eigenvalue weighted by Gasteiger charge is 2.34. The van der Waals surface area contributed by atoms with Gasteiger partial charge in [-0.05, 0) is 133 Å². The van der Waals surface area contributed by atoms with Crippen molar-refractivity contribution in [2.45, 2.75) is 139 Å². The van der Waals surface area contributed by atoms with E-state index in [9.17, 15) is 38.7 Å². The van der Waals surface area contributed by atoms with Crippen molar-refractivity contribution in [1.82, 2.24) is 36.9 Å². The number of aromatic nitrogens is 1. The van der Waals surface area contributed by atoms with Gasteiger partial charge in [-0.25, -0.2) is 4.79 Å². The van der Waals surface area contributed by atoms with Crippen LogP contribution in [0.25, 0.3) is 10.9 Å². The zero-order valence-corrected chi connectivity index (χ0v) is 42.3. The molecule has 0 aliphatic carbocycles. The number of nitrogens with two attached hydrogens (primary N) is 8. The maximum atomic E-state index is 14.6. The fourth-order valence-electron chi connectivity index (χ4n) is 7.57. The van der Waals surface area contributed by atoms with E-state index in [1.165, 1.54) is 11.8 Å². The number of benzene rings is 1. The summed E-state index contributed by atoms with van der Waals surface area (Å²) in [6.45, 7) is 1.34. The summed E-state index contributed by atoms with van der Waals surface area (Å²) < 4.78 is 0. The van der Waals surface area contributed by atoms with Gasteiger partial charge < -0.3 is 87.9 Å². The number of nitrogens with zero attached hydrogens (tertiary/aromatic N) is 2. The number of carbonyl (C=O) groups excluding carboxylic acids is 6. The van der Waals surface area contributed by atoms with Gasteiger partial charge in [0, 0.05) is 36.6 Å². The number of aromatic amines is 1. The molecule has 0 saturated carbocycles. The highest BCUT2D eigenvalue weighted by Crippen LogP contribution is 2.20. The molecule has 72 heavy (non-hydrogen) atoms. The van der Waals surface area contributed by atoms with Crippen LogP contribution in [-0.4, -0.2) is 150 Å². The first-order valence-corrected chi connectivity index (χ1v) is 25.9. The van der Waals surface area contributed by atoms with E-state index in [1.807, 2.05) is 30.5 Å². The number of unbranched alkanes of at least 4 members (excludes halogenated alkanes) is 3.